The molecule has 0 aliphatic rings. The second kappa shape index (κ2) is 4.06. The van der Waals surface area contributed by atoms with Crippen molar-refractivity contribution in [2.45, 2.75) is 0 Å². The van der Waals surface area contributed by atoms with Crippen molar-refractivity contribution >= 4 is 11.5 Å². The van der Waals surface area contributed by atoms with Crippen molar-refractivity contribution in [2.24, 2.45) is 0 Å². The van der Waals surface area contributed by atoms with Gasteiger partial charge in [0, 0.05) is 11.3 Å². The summed E-state index contributed by atoms with van der Waals surface area (Å²) in [6.45, 7) is 0. The van der Waals surface area contributed by atoms with E-state index in [0.29, 0.717) is 11.3 Å². The van der Waals surface area contributed by atoms with Crippen LogP contribution in [-0.4, -0.2) is 10.9 Å². The fourth-order valence-electron chi connectivity index (χ4n) is 1.50. The number of phenolic OH excluding ortho intramolecular Hbond substituents is 1. The molecule has 0 spiro atoms. The lowest BCUT2D eigenvalue weighted by Crippen LogP contribution is -2.02. The first-order valence-electron chi connectivity index (χ1n) is 4.87. The van der Waals surface area contributed by atoms with Gasteiger partial charge in [0.25, 0.3) is 0 Å². The summed E-state index contributed by atoms with van der Waals surface area (Å²) in [5.41, 5.74) is 6.89. The van der Waals surface area contributed by atoms with E-state index in [2.05, 4.69) is 0 Å². The number of anilines is 1. The van der Waals surface area contributed by atoms with Crippen LogP contribution in [0.1, 0.15) is 15.9 Å². The smallest absolute Gasteiger partial charge is 0.196 e. The molecule has 3 nitrogen and oxygen atoms in total. The Labute approximate surface area is 93.1 Å². The summed E-state index contributed by atoms with van der Waals surface area (Å²) in [5, 5.41) is 9.56. The summed E-state index contributed by atoms with van der Waals surface area (Å²) in [6.07, 6.45) is 0. The maximum absolute atomic E-state index is 12.0. The molecule has 0 aliphatic heterocycles. The fourth-order valence-corrected chi connectivity index (χ4v) is 1.50. The van der Waals surface area contributed by atoms with Crippen LogP contribution < -0.4 is 5.73 Å². The van der Waals surface area contributed by atoms with Gasteiger partial charge < -0.3 is 10.8 Å². The van der Waals surface area contributed by atoms with Gasteiger partial charge >= 0.3 is 0 Å². The number of hydrogen-bond donors (Lipinski definition) is 2. The van der Waals surface area contributed by atoms with Gasteiger partial charge in [-0.3, -0.25) is 4.79 Å². The molecule has 3 N–H and O–H groups in total. The summed E-state index contributed by atoms with van der Waals surface area (Å²) in [4.78, 5) is 12.0. The van der Waals surface area contributed by atoms with E-state index >= 15 is 0 Å². The highest BCUT2D eigenvalue weighted by molar-refractivity contribution is 6.10. The molecule has 0 heterocycles. The zero-order valence-electron chi connectivity index (χ0n) is 8.55. The Morgan fingerprint density at radius 3 is 2.50 bits per heavy atom. The number of aromatic hydroxyl groups is 1. The van der Waals surface area contributed by atoms with E-state index in [1.54, 1.807) is 42.5 Å². The third-order valence-electron chi connectivity index (χ3n) is 2.30. The number of phenols is 1. The van der Waals surface area contributed by atoms with Gasteiger partial charge in [0.1, 0.15) is 5.75 Å². The van der Waals surface area contributed by atoms with Crippen molar-refractivity contribution in [2.75, 3.05) is 5.73 Å². The van der Waals surface area contributed by atoms with Crippen molar-refractivity contribution in [3.8, 4) is 5.75 Å². The Bertz CT molecular complexity index is 535. The minimum absolute atomic E-state index is 0.0186. The molecule has 2 aromatic carbocycles. The van der Waals surface area contributed by atoms with Crippen LogP contribution in [0.2, 0.25) is 0 Å². The van der Waals surface area contributed by atoms with E-state index in [9.17, 15) is 9.90 Å². The fraction of sp³-hybridized carbons (Fsp3) is 0. The molecular formula is C13H11NO2. The van der Waals surface area contributed by atoms with Gasteiger partial charge in [0.2, 0.25) is 0 Å². The van der Waals surface area contributed by atoms with Crippen LogP contribution >= 0.6 is 0 Å². The van der Waals surface area contributed by atoms with Crippen molar-refractivity contribution in [3.63, 3.8) is 0 Å². The van der Waals surface area contributed by atoms with Crippen LogP contribution in [0.3, 0.4) is 0 Å². The molecule has 2 rings (SSSR count). The van der Waals surface area contributed by atoms with Crippen molar-refractivity contribution in [3.05, 3.63) is 59.7 Å². The first-order valence-corrected chi connectivity index (χ1v) is 4.87. The zero-order valence-corrected chi connectivity index (χ0v) is 8.55. The monoisotopic (exact) mass is 213 g/mol. The van der Waals surface area contributed by atoms with Crippen molar-refractivity contribution in [1.29, 1.82) is 0 Å². The Kier molecular flexibility index (Phi) is 2.60. The third kappa shape index (κ3) is 1.88. The minimum Gasteiger partial charge on any atom is -0.507 e. The first kappa shape index (κ1) is 10.2. The second-order valence-electron chi connectivity index (χ2n) is 3.47. The highest BCUT2D eigenvalue weighted by Crippen LogP contribution is 2.20. The number of carbonyl (C=O) groups is 1. The van der Waals surface area contributed by atoms with Gasteiger partial charge in [0.05, 0.1) is 5.56 Å². The molecule has 0 aliphatic carbocycles. The molecule has 3 heteroatoms. The van der Waals surface area contributed by atoms with E-state index in [-0.39, 0.29) is 17.1 Å². The quantitative estimate of drug-likeness (QED) is 0.593. The molecule has 16 heavy (non-hydrogen) atoms. The van der Waals surface area contributed by atoms with Crippen molar-refractivity contribution in [1.82, 2.24) is 0 Å². The average Bonchev–Trinajstić information content (AvgIpc) is 2.29. The molecule has 0 atom stereocenters. The number of ketones is 1. The van der Waals surface area contributed by atoms with Gasteiger partial charge in [-0.05, 0) is 24.3 Å². The molecule has 0 fully saturated rings. The van der Waals surface area contributed by atoms with Crippen LogP contribution in [-0.2, 0) is 0 Å². The maximum Gasteiger partial charge on any atom is 0.196 e. The lowest BCUT2D eigenvalue weighted by atomic mass is 10.0. The molecule has 80 valence electrons. The number of nitrogen functional groups attached to an aromatic ring is 1. The minimum atomic E-state index is -0.231. The molecule has 0 unspecified atom stereocenters. The normalized spacial score (nSPS) is 10.0. The first-order chi connectivity index (χ1) is 7.68. The Morgan fingerprint density at radius 1 is 1.06 bits per heavy atom. The van der Waals surface area contributed by atoms with Gasteiger partial charge in [-0.25, -0.2) is 0 Å². The molecule has 0 radical (unpaired) electrons. The summed E-state index contributed by atoms with van der Waals surface area (Å²) in [5.74, 6) is -0.250. The molecule has 0 saturated heterocycles. The van der Waals surface area contributed by atoms with Crippen LogP contribution in [0.25, 0.3) is 0 Å². The van der Waals surface area contributed by atoms with E-state index in [4.69, 9.17) is 5.73 Å². The van der Waals surface area contributed by atoms with Gasteiger partial charge in [-0.15, -0.1) is 0 Å². The summed E-state index contributed by atoms with van der Waals surface area (Å²) in [6, 6.07) is 13.1. The molecule has 0 aromatic heterocycles. The maximum atomic E-state index is 12.0. The van der Waals surface area contributed by atoms with Crippen LogP contribution in [0.15, 0.2) is 48.5 Å². The number of benzene rings is 2. The van der Waals surface area contributed by atoms with E-state index in [0.717, 1.165) is 0 Å². The lowest BCUT2D eigenvalue weighted by Gasteiger charge is -2.04. The highest BCUT2D eigenvalue weighted by atomic mass is 16.3. The third-order valence-corrected chi connectivity index (χ3v) is 2.30. The van der Waals surface area contributed by atoms with Gasteiger partial charge in [-0.2, -0.15) is 0 Å². The van der Waals surface area contributed by atoms with Crippen LogP contribution in [0.5, 0.6) is 5.75 Å². The molecule has 0 amide bonds. The predicted octanol–water partition coefficient (Wildman–Crippen LogP) is 2.21. The molecular weight excluding hydrogens is 202 g/mol. The lowest BCUT2D eigenvalue weighted by molar-refractivity contribution is 0.103. The van der Waals surface area contributed by atoms with E-state index in [1.165, 1.54) is 6.07 Å². The summed E-state index contributed by atoms with van der Waals surface area (Å²) >= 11 is 0. The Hall–Kier alpha value is -2.29. The SMILES string of the molecule is Nc1cccc(C(=O)c2ccccc2O)c1. The Morgan fingerprint density at radius 2 is 1.81 bits per heavy atom. The number of para-hydroxylation sites is 1. The number of hydrogen-bond acceptors (Lipinski definition) is 3. The second-order valence-corrected chi connectivity index (χ2v) is 3.47. The van der Waals surface area contributed by atoms with E-state index in [1.807, 2.05) is 0 Å². The van der Waals surface area contributed by atoms with Gasteiger partial charge in [0.15, 0.2) is 5.78 Å². The molecule has 0 saturated carbocycles. The highest BCUT2D eigenvalue weighted by Gasteiger charge is 2.12. The number of rotatable bonds is 2. The van der Waals surface area contributed by atoms with E-state index < -0.39 is 0 Å². The number of carbonyl (C=O) groups excluding carboxylic acids is 1. The summed E-state index contributed by atoms with van der Waals surface area (Å²) in [7, 11) is 0. The standard InChI is InChI=1S/C13H11NO2/c14-10-5-3-4-9(8-10)13(16)11-6-1-2-7-12(11)15/h1-8,15H,14H2. The largest absolute Gasteiger partial charge is 0.507 e. The molecule has 2 aromatic rings. The molecule has 0 bridgehead atoms. The van der Waals surface area contributed by atoms with Gasteiger partial charge in [-0.1, -0.05) is 24.3 Å². The topological polar surface area (TPSA) is 63.3 Å². The zero-order chi connectivity index (χ0) is 11.5. The summed E-state index contributed by atoms with van der Waals surface area (Å²) < 4.78 is 0. The van der Waals surface area contributed by atoms with Crippen molar-refractivity contribution < 1.29 is 9.90 Å². The van der Waals surface area contributed by atoms with Crippen LogP contribution in [0, 0.1) is 0 Å². The number of nitrogens with two attached hydrogens (primary N) is 1. The predicted molar refractivity (Wildman–Crippen MR) is 62.4 cm³/mol. The Balaban J connectivity index is 2.44. The van der Waals surface area contributed by atoms with Crippen LogP contribution in [0.4, 0.5) is 5.69 Å². The average molecular weight is 213 g/mol.